The number of carbonyl (C=O) groups excluding carboxylic acids is 2. The summed E-state index contributed by atoms with van der Waals surface area (Å²) in [5, 5.41) is 12.4. The summed E-state index contributed by atoms with van der Waals surface area (Å²) in [6.07, 6.45) is -0.0772. The first kappa shape index (κ1) is 18.1. The van der Waals surface area contributed by atoms with Gasteiger partial charge in [0.05, 0.1) is 12.2 Å². The average Bonchev–Trinajstić information content (AvgIpc) is 3.07. The highest BCUT2D eigenvalue weighted by Crippen LogP contribution is 2.00. The van der Waals surface area contributed by atoms with Gasteiger partial charge in [0, 0.05) is 13.0 Å². The molecule has 1 heterocycles. The fourth-order valence-corrected chi connectivity index (χ4v) is 2.36. The number of hydrogen-bond donors (Lipinski definition) is 2. The number of imide groups is 1. The number of aryl methyl sites for hydroxylation is 1. The number of tetrazole rings is 1. The maximum atomic E-state index is 12.3. The van der Waals surface area contributed by atoms with Crippen LogP contribution in [-0.4, -0.2) is 31.7 Å². The zero-order valence-corrected chi connectivity index (χ0v) is 14.4. The molecule has 0 unspecified atom stereocenters. The van der Waals surface area contributed by atoms with Crippen molar-refractivity contribution in [3.05, 3.63) is 76.7 Å². The number of para-hydroxylation sites is 1. The largest absolute Gasteiger partial charge is 0.368 e. The standard InChI is InChI=1S/C18H18N6O3/c25-16(20-17(26)19-13-14-7-3-1-4-8-14)11-12-23-18(27)24(22-21-23)15-9-5-2-6-10-15/h1-10H,11-13H2,(H2,19,20,25,26). The lowest BCUT2D eigenvalue weighted by atomic mass is 10.2. The molecular weight excluding hydrogens is 348 g/mol. The van der Waals surface area contributed by atoms with Crippen molar-refractivity contribution in [1.29, 1.82) is 0 Å². The molecule has 0 fully saturated rings. The fraction of sp³-hybridized carbons (Fsp3) is 0.167. The zero-order chi connectivity index (χ0) is 19.1. The van der Waals surface area contributed by atoms with Gasteiger partial charge in [-0.1, -0.05) is 48.5 Å². The monoisotopic (exact) mass is 366 g/mol. The van der Waals surface area contributed by atoms with Crippen molar-refractivity contribution in [3.63, 3.8) is 0 Å². The molecule has 138 valence electrons. The van der Waals surface area contributed by atoms with E-state index in [1.807, 2.05) is 36.4 Å². The maximum absolute atomic E-state index is 12.3. The van der Waals surface area contributed by atoms with Gasteiger partial charge in [-0.15, -0.1) is 0 Å². The number of benzene rings is 2. The number of nitrogens with zero attached hydrogens (tertiary/aromatic N) is 4. The molecule has 0 aliphatic rings. The summed E-state index contributed by atoms with van der Waals surface area (Å²) in [5.74, 6) is -0.512. The van der Waals surface area contributed by atoms with Gasteiger partial charge in [-0.25, -0.2) is 9.59 Å². The SMILES string of the molecule is O=C(CCn1nnn(-c2ccccc2)c1=O)NC(=O)NCc1ccccc1. The summed E-state index contributed by atoms with van der Waals surface area (Å²) in [7, 11) is 0. The third-order valence-corrected chi connectivity index (χ3v) is 3.74. The van der Waals surface area contributed by atoms with Gasteiger partial charge in [-0.3, -0.25) is 10.1 Å². The molecule has 3 rings (SSSR count). The van der Waals surface area contributed by atoms with Crippen LogP contribution < -0.4 is 16.3 Å². The summed E-state index contributed by atoms with van der Waals surface area (Å²) in [4.78, 5) is 35.9. The normalized spacial score (nSPS) is 10.4. The Morgan fingerprint density at radius 3 is 2.30 bits per heavy atom. The fourth-order valence-electron chi connectivity index (χ4n) is 2.36. The quantitative estimate of drug-likeness (QED) is 0.672. The van der Waals surface area contributed by atoms with Crippen LogP contribution >= 0.6 is 0 Å². The minimum atomic E-state index is -0.593. The highest BCUT2D eigenvalue weighted by molar-refractivity contribution is 5.94. The molecule has 0 saturated heterocycles. The van der Waals surface area contributed by atoms with E-state index < -0.39 is 17.6 Å². The summed E-state index contributed by atoms with van der Waals surface area (Å²) >= 11 is 0. The topological polar surface area (TPSA) is 111 Å². The average molecular weight is 366 g/mol. The molecule has 9 heteroatoms. The second-order valence-electron chi connectivity index (χ2n) is 5.70. The van der Waals surface area contributed by atoms with Crippen molar-refractivity contribution >= 4 is 11.9 Å². The molecule has 1 aromatic heterocycles. The van der Waals surface area contributed by atoms with Crippen molar-refractivity contribution in [3.8, 4) is 5.69 Å². The van der Waals surface area contributed by atoms with Crippen molar-refractivity contribution in [2.75, 3.05) is 0 Å². The lowest BCUT2D eigenvalue weighted by Crippen LogP contribution is -2.39. The molecule has 0 aliphatic carbocycles. The number of amides is 3. The number of carbonyl (C=O) groups is 2. The molecule has 2 aromatic carbocycles. The molecule has 0 saturated carbocycles. The number of aromatic nitrogens is 4. The van der Waals surface area contributed by atoms with E-state index in [0.717, 1.165) is 14.9 Å². The Morgan fingerprint density at radius 2 is 1.59 bits per heavy atom. The van der Waals surface area contributed by atoms with E-state index in [1.54, 1.807) is 24.3 Å². The summed E-state index contributed by atoms with van der Waals surface area (Å²) in [6.45, 7) is 0.328. The van der Waals surface area contributed by atoms with Crippen LogP contribution in [0.3, 0.4) is 0 Å². The van der Waals surface area contributed by atoms with Gasteiger partial charge in [0.1, 0.15) is 0 Å². The molecule has 0 bridgehead atoms. The molecule has 3 amide bonds. The van der Waals surface area contributed by atoms with Crippen molar-refractivity contribution in [2.45, 2.75) is 19.5 Å². The van der Waals surface area contributed by atoms with Crippen molar-refractivity contribution < 1.29 is 9.59 Å². The van der Waals surface area contributed by atoms with Gasteiger partial charge in [0.15, 0.2) is 0 Å². The van der Waals surface area contributed by atoms with Crippen LogP contribution in [-0.2, 0) is 17.9 Å². The highest BCUT2D eigenvalue weighted by Gasteiger charge is 2.12. The molecule has 9 nitrogen and oxygen atoms in total. The van der Waals surface area contributed by atoms with Gasteiger partial charge in [-0.2, -0.15) is 9.36 Å². The molecule has 0 spiro atoms. The Kier molecular flexibility index (Phi) is 5.73. The predicted octanol–water partition coefficient (Wildman–Crippen LogP) is 0.845. The molecule has 3 aromatic rings. The third kappa shape index (κ3) is 4.88. The molecule has 0 atom stereocenters. The van der Waals surface area contributed by atoms with E-state index in [1.165, 1.54) is 0 Å². The molecule has 27 heavy (non-hydrogen) atoms. The van der Waals surface area contributed by atoms with Gasteiger partial charge >= 0.3 is 11.7 Å². The highest BCUT2D eigenvalue weighted by atomic mass is 16.2. The summed E-state index contributed by atoms with van der Waals surface area (Å²) < 4.78 is 2.22. The third-order valence-electron chi connectivity index (χ3n) is 3.74. The first-order valence-corrected chi connectivity index (χ1v) is 8.33. The minimum Gasteiger partial charge on any atom is -0.334 e. The first-order valence-electron chi connectivity index (χ1n) is 8.33. The smallest absolute Gasteiger partial charge is 0.334 e. The second-order valence-corrected chi connectivity index (χ2v) is 5.70. The van der Waals surface area contributed by atoms with E-state index in [-0.39, 0.29) is 13.0 Å². The van der Waals surface area contributed by atoms with Crippen LogP contribution in [0, 0.1) is 0 Å². The number of rotatable bonds is 6. The van der Waals surface area contributed by atoms with Crippen LogP contribution in [0.5, 0.6) is 0 Å². The lowest BCUT2D eigenvalue weighted by molar-refractivity contribution is -0.120. The Bertz CT molecular complexity index is 966. The van der Waals surface area contributed by atoms with Crippen LogP contribution in [0.1, 0.15) is 12.0 Å². The van der Waals surface area contributed by atoms with Crippen molar-refractivity contribution in [1.82, 2.24) is 30.4 Å². The number of nitrogens with one attached hydrogen (secondary N) is 2. The Hall–Kier alpha value is -3.75. The second kappa shape index (κ2) is 8.56. The molecule has 0 radical (unpaired) electrons. The minimum absolute atomic E-state index is 0.0173. The molecule has 0 aliphatic heterocycles. The summed E-state index contributed by atoms with van der Waals surface area (Å²) in [5.41, 5.74) is 1.05. The van der Waals surface area contributed by atoms with Gasteiger partial charge in [0.25, 0.3) is 0 Å². The Labute approximate surface area is 154 Å². The first-order chi connectivity index (χ1) is 13.1. The van der Waals surface area contributed by atoms with Crippen LogP contribution in [0.2, 0.25) is 0 Å². The van der Waals surface area contributed by atoms with Crippen molar-refractivity contribution in [2.24, 2.45) is 0 Å². The van der Waals surface area contributed by atoms with Gasteiger partial charge in [0.2, 0.25) is 5.91 Å². The van der Waals surface area contributed by atoms with Crippen LogP contribution in [0.15, 0.2) is 65.5 Å². The van der Waals surface area contributed by atoms with Crippen LogP contribution in [0.25, 0.3) is 5.69 Å². The predicted molar refractivity (Wildman–Crippen MR) is 97.1 cm³/mol. The van der Waals surface area contributed by atoms with Crippen LogP contribution in [0.4, 0.5) is 4.79 Å². The Morgan fingerprint density at radius 1 is 0.926 bits per heavy atom. The van der Waals surface area contributed by atoms with E-state index in [4.69, 9.17) is 0 Å². The van der Waals surface area contributed by atoms with E-state index >= 15 is 0 Å². The Balaban J connectivity index is 1.49. The summed E-state index contributed by atoms with van der Waals surface area (Å²) in [6, 6.07) is 17.6. The maximum Gasteiger partial charge on any atom is 0.368 e. The zero-order valence-electron chi connectivity index (χ0n) is 14.4. The number of urea groups is 1. The van der Waals surface area contributed by atoms with E-state index in [2.05, 4.69) is 21.1 Å². The molecule has 2 N–H and O–H groups in total. The van der Waals surface area contributed by atoms with Gasteiger partial charge in [-0.05, 0) is 28.1 Å². The van der Waals surface area contributed by atoms with E-state index in [9.17, 15) is 14.4 Å². The lowest BCUT2D eigenvalue weighted by Gasteiger charge is -2.06. The van der Waals surface area contributed by atoms with E-state index in [0.29, 0.717) is 12.2 Å². The number of hydrogen-bond acceptors (Lipinski definition) is 5. The van der Waals surface area contributed by atoms with Gasteiger partial charge < -0.3 is 5.32 Å². The molecular formula is C18H18N6O3.